The highest BCUT2D eigenvalue weighted by Crippen LogP contribution is 2.26. The van der Waals surface area contributed by atoms with Crippen molar-refractivity contribution < 1.29 is 9.59 Å². The third-order valence-electron chi connectivity index (χ3n) is 6.43. The first-order valence-corrected chi connectivity index (χ1v) is 12.4. The minimum absolute atomic E-state index is 0.0756. The van der Waals surface area contributed by atoms with Gasteiger partial charge < -0.3 is 9.80 Å². The van der Waals surface area contributed by atoms with E-state index < -0.39 is 0 Å². The Morgan fingerprint density at radius 3 is 2.39 bits per heavy atom. The van der Waals surface area contributed by atoms with Crippen molar-refractivity contribution in [1.29, 1.82) is 0 Å². The number of likely N-dealkylation sites (tertiary alicyclic amines) is 1. The molecule has 0 N–H and O–H groups in total. The summed E-state index contributed by atoms with van der Waals surface area (Å²) in [5.41, 5.74) is 5.25. The molecule has 1 aliphatic rings. The van der Waals surface area contributed by atoms with Gasteiger partial charge in [0.05, 0.1) is 11.4 Å². The first kappa shape index (κ1) is 23.8. The molecule has 0 bridgehead atoms. The van der Waals surface area contributed by atoms with Crippen LogP contribution in [0.15, 0.2) is 85.1 Å². The summed E-state index contributed by atoms with van der Waals surface area (Å²) in [4.78, 5) is 28.7. The van der Waals surface area contributed by atoms with Crippen LogP contribution in [0, 0.1) is 0 Å². The Kier molecular flexibility index (Phi) is 6.87. The van der Waals surface area contributed by atoms with Gasteiger partial charge in [-0.3, -0.25) is 9.59 Å². The van der Waals surface area contributed by atoms with E-state index in [2.05, 4.69) is 0 Å². The van der Waals surface area contributed by atoms with E-state index in [4.69, 9.17) is 16.7 Å². The molecule has 1 aromatic heterocycles. The van der Waals surface area contributed by atoms with E-state index in [1.165, 1.54) is 0 Å². The smallest absolute Gasteiger partial charge is 0.253 e. The van der Waals surface area contributed by atoms with Crippen LogP contribution in [-0.4, -0.2) is 45.0 Å². The van der Waals surface area contributed by atoms with Crippen LogP contribution >= 0.6 is 11.6 Å². The summed E-state index contributed by atoms with van der Waals surface area (Å²) in [5, 5.41) is 5.50. The fourth-order valence-corrected chi connectivity index (χ4v) is 4.61. The lowest BCUT2D eigenvalue weighted by Gasteiger charge is -2.18. The highest BCUT2D eigenvalue weighted by atomic mass is 35.5. The summed E-state index contributed by atoms with van der Waals surface area (Å²) in [6.07, 6.45) is 3.51. The number of hydrogen-bond donors (Lipinski definition) is 0. The van der Waals surface area contributed by atoms with E-state index in [1.54, 1.807) is 11.9 Å². The molecule has 1 aliphatic heterocycles. The second-order valence-corrected chi connectivity index (χ2v) is 9.50. The zero-order valence-electron chi connectivity index (χ0n) is 20.1. The van der Waals surface area contributed by atoms with Gasteiger partial charge in [-0.25, -0.2) is 4.68 Å². The molecule has 0 aliphatic carbocycles. The number of carbonyl (C=O) groups is 2. The van der Waals surface area contributed by atoms with Crippen molar-refractivity contribution in [1.82, 2.24) is 19.6 Å². The number of hydrogen-bond acceptors (Lipinski definition) is 3. The number of benzene rings is 3. The summed E-state index contributed by atoms with van der Waals surface area (Å²) >= 11 is 6.10. The average Bonchev–Trinajstić information content (AvgIpc) is 3.51. The van der Waals surface area contributed by atoms with Crippen molar-refractivity contribution in [2.75, 3.05) is 13.6 Å². The van der Waals surface area contributed by atoms with Crippen LogP contribution in [0.2, 0.25) is 5.02 Å². The summed E-state index contributed by atoms with van der Waals surface area (Å²) in [5.74, 6) is 0.121. The minimum Gasteiger partial charge on any atom is -0.338 e. The van der Waals surface area contributed by atoms with Gasteiger partial charge in [-0.1, -0.05) is 54.1 Å². The molecule has 0 unspecified atom stereocenters. The van der Waals surface area contributed by atoms with Crippen molar-refractivity contribution >= 4 is 23.4 Å². The van der Waals surface area contributed by atoms with Gasteiger partial charge in [-0.2, -0.15) is 5.10 Å². The molecule has 0 radical (unpaired) electrons. The van der Waals surface area contributed by atoms with Gasteiger partial charge in [-0.15, -0.1) is 0 Å². The van der Waals surface area contributed by atoms with E-state index in [1.807, 2.05) is 94.6 Å². The quantitative estimate of drug-likeness (QED) is 0.334. The Balaban J connectivity index is 1.36. The molecule has 4 aromatic rings. The predicted molar refractivity (Wildman–Crippen MR) is 141 cm³/mol. The fraction of sp³-hybridized carbons (Fsp3) is 0.207. The predicted octanol–water partition coefficient (Wildman–Crippen LogP) is 5.59. The maximum Gasteiger partial charge on any atom is 0.253 e. The van der Waals surface area contributed by atoms with Gasteiger partial charge in [0.2, 0.25) is 5.91 Å². The SMILES string of the molecule is CN(Cc1cn(-c2ccccc2)nc1-c1ccc(Cl)cc1)C(=O)c1ccc(CN2CCCC2=O)cc1. The van der Waals surface area contributed by atoms with Crippen molar-refractivity contribution in [2.45, 2.75) is 25.9 Å². The van der Waals surface area contributed by atoms with Crippen LogP contribution in [0.1, 0.15) is 34.3 Å². The van der Waals surface area contributed by atoms with E-state index in [9.17, 15) is 9.59 Å². The Hall–Kier alpha value is -3.90. The molecule has 3 aromatic carbocycles. The third kappa shape index (κ3) is 5.19. The van der Waals surface area contributed by atoms with Crippen LogP contribution in [-0.2, 0) is 17.9 Å². The molecular formula is C29H27ClN4O2. The van der Waals surface area contributed by atoms with Crippen molar-refractivity contribution in [3.05, 3.63) is 107 Å². The number of halogens is 1. The third-order valence-corrected chi connectivity index (χ3v) is 6.68. The van der Waals surface area contributed by atoms with Crippen LogP contribution in [0.25, 0.3) is 16.9 Å². The van der Waals surface area contributed by atoms with Gasteiger partial charge in [0.25, 0.3) is 5.91 Å². The number of aromatic nitrogens is 2. The van der Waals surface area contributed by atoms with Gasteiger partial charge in [0.15, 0.2) is 0 Å². The van der Waals surface area contributed by atoms with Crippen LogP contribution < -0.4 is 0 Å². The molecule has 36 heavy (non-hydrogen) atoms. The number of rotatable bonds is 7. The molecule has 7 heteroatoms. The van der Waals surface area contributed by atoms with Crippen molar-refractivity contribution in [3.63, 3.8) is 0 Å². The van der Waals surface area contributed by atoms with Crippen LogP contribution in [0.4, 0.5) is 0 Å². The van der Waals surface area contributed by atoms with Gasteiger partial charge >= 0.3 is 0 Å². The Bertz CT molecular complexity index is 1360. The number of nitrogens with zero attached hydrogens (tertiary/aromatic N) is 4. The highest BCUT2D eigenvalue weighted by Gasteiger charge is 2.21. The normalized spacial score (nSPS) is 13.3. The lowest BCUT2D eigenvalue weighted by atomic mass is 10.1. The molecule has 0 saturated carbocycles. The molecule has 1 fully saturated rings. The molecule has 1 saturated heterocycles. The summed E-state index contributed by atoms with van der Waals surface area (Å²) in [6, 6.07) is 25.0. The molecule has 0 atom stereocenters. The van der Waals surface area contributed by atoms with Gasteiger partial charge in [0.1, 0.15) is 0 Å². The number of amides is 2. The summed E-state index contributed by atoms with van der Waals surface area (Å²) < 4.78 is 1.84. The van der Waals surface area contributed by atoms with Crippen molar-refractivity contribution in [2.24, 2.45) is 0 Å². The zero-order valence-corrected chi connectivity index (χ0v) is 20.9. The largest absolute Gasteiger partial charge is 0.338 e. The second-order valence-electron chi connectivity index (χ2n) is 9.07. The highest BCUT2D eigenvalue weighted by molar-refractivity contribution is 6.30. The first-order chi connectivity index (χ1) is 17.5. The number of carbonyl (C=O) groups excluding carboxylic acids is 2. The average molecular weight is 499 g/mol. The zero-order chi connectivity index (χ0) is 25.1. The molecule has 0 spiro atoms. The van der Waals surface area contributed by atoms with E-state index >= 15 is 0 Å². The Morgan fingerprint density at radius 2 is 1.72 bits per heavy atom. The summed E-state index contributed by atoms with van der Waals surface area (Å²) in [6.45, 7) is 1.79. The van der Waals surface area contributed by atoms with E-state index in [0.717, 1.165) is 41.0 Å². The molecular weight excluding hydrogens is 472 g/mol. The molecule has 5 rings (SSSR count). The first-order valence-electron chi connectivity index (χ1n) is 12.0. The van der Waals surface area contributed by atoms with Crippen molar-refractivity contribution in [3.8, 4) is 16.9 Å². The van der Waals surface area contributed by atoms with E-state index in [0.29, 0.717) is 30.1 Å². The van der Waals surface area contributed by atoms with Gasteiger partial charge in [-0.05, 0) is 48.4 Å². The molecule has 182 valence electrons. The Labute approximate surface area is 215 Å². The van der Waals surface area contributed by atoms with Gasteiger partial charge in [0, 0.05) is 61.0 Å². The standard InChI is InChI=1S/C29H27ClN4O2/c1-32(29(36)23-11-9-21(10-12-23)18-33-17-5-8-27(33)35)19-24-20-34(26-6-3-2-4-7-26)31-28(24)22-13-15-25(30)16-14-22/h2-4,6-7,9-16,20H,5,8,17-19H2,1H3. The molecule has 2 amide bonds. The maximum absolute atomic E-state index is 13.2. The maximum atomic E-state index is 13.2. The Morgan fingerprint density at radius 1 is 1.00 bits per heavy atom. The summed E-state index contributed by atoms with van der Waals surface area (Å²) in [7, 11) is 1.80. The monoisotopic (exact) mass is 498 g/mol. The molecule has 2 heterocycles. The lowest BCUT2D eigenvalue weighted by Crippen LogP contribution is -2.26. The fourth-order valence-electron chi connectivity index (χ4n) is 4.48. The second kappa shape index (κ2) is 10.4. The van der Waals surface area contributed by atoms with E-state index in [-0.39, 0.29) is 11.8 Å². The van der Waals surface area contributed by atoms with Crippen LogP contribution in [0.3, 0.4) is 0 Å². The molecule has 6 nitrogen and oxygen atoms in total. The van der Waals surface area contributed by atoms with Crippen LogP contribution in [0.5, 0.6) is 0 Å². The minimum atomic E-state index is -0.0756. The lowest BCUT2D eigenvalue weighted by molar-refractivity contribution is -0.128. The topological polar surface area (TPSA) is 58.4 Å². The number of para-hydroxylation sites is 1.